The molecule has 4 heteroatoms. The van der Waals surface area contributed by atoms with Crippen molar-refractivity contribution in [1.29, 1.82) is 0 Å². The van der Waals surface area contributed by atoms with Gasteiger partial charge in [-0.25, -0.2) is 0 Å². The monoisotopic (exact) mass is 265 g/mol. The summed E-state index contributed by atoms with van der Waals surface area (Å²) >= 11 is 1.92. The first-order valence-electron chi connectivity index (χ1n) is 6.32. The molecule has 0 saturated heterocycles. The summed E-state index contributed by atoms with van der Waals surface area (Å²) in [5.41, 5.74) is 1.39. The van der Waals surface area contributed by atoms with E-state index >= 15 is 0 Å². The van der Waals surface area contributed by atoms with E-state index < -0.39 is 5.97 Å². The lowest BCUT2D eigenvalue weighted by atomic mass is 10.0. The van der Waals surface area contributed by atoms with Gasteiger partial charge in [-0.1, -0.05) is 18.2 Å². The van der Waals surface area contributed by atoms with Crippen molar-refractivity contribution in [3.63, 3.8) is 0 Å². The molecule has 98 valence electrons. The minimum absolute atomic E-state index is 0.257. The Bertz CT molecular complexity index is 422. The lowest BCUT2D eigenvalue weighted by Crippen LogP contribution is -2.28. The Kier molecular flexibility index (Phi) is 4.66. The fraction of sp³-hybridized carbons (Fsp3) is 0.500. The van der Waals surface area contributed by atoms with E-state index in [2.05, 4.69) is 36.2 Å². The smallest absolute Gasteiger partial charge is 0.303 e. The number of carbonyl (C=O) groups is 1. The summed E-state index contributed by atoms with van der Waals surface area (Å²) in [7, 11) is 2.10. The summed E-state index contributed by atoms with van der Waals surface area (Å²) in [4.78, 5) is 14.2. The second-order valence-electron chi connectivity index (χ2n) is 4.67. The summed E-state index contributed by atoms with van der Waals surface area (Å²) in [5, 5.41) is 8.67. The van der Waals surface area contributed by atoms with Gasteiger partial charge in [0.25, 0.3) is 0 Å². The molecule has 0 saturated carbocycles. The molecule has 18 heavy (non-hydrogen) atoms. The Morgan fingerprint density at radius 1 is 1.50 bits per heavy atom. The summed E-state index contributed by atoms with van der Waals surface area (Å²) in [5.74, 6) is 0.438. The van der Waals surface area contributed by atoms with Gasteiger partial charge >= 0.3 is 5.97 Å². The normalized spacial score (nSPS) is 18.7. The van der Waals surface area contributed by atoms with Crippen LogP contribution in [0.15, 0.2) is 29.2 Å². The van der Waals surface area contributed by atoms with Gasteiger partial charge in [0, 0.05) is 17.4 Å². The molecule has 3 nitrogen and oxygen atoms in total. The molecule has 1 atom stereocenters. The van der Waals surface area contributed by atoms with Crippen LogP contribution in [0.1, 0.15) is 30.9 Å². The maximum Gasteiger partial charge on any atom is 0.303 e. The molecule has 1 N–H and O–H groups in total. The SMILES string of the molecule is CN(CCCC(=O)O)C1CCSc2ccccc21. The van der Waals surface area contributed by atoms with Crippen LogP contribution < -0.4 is 0 Å². The van der Waals surface area contributed by atoms with Gasteiger partial charge < -0.3 is 5.11 Å². The topological polar surface area (TPSA) is 40.5 Å². The molecule has 1 unspecified atom stereocenters. The molecule has 0 amide bonds. The third-order valence-electron chi connectivity index (χ3n) is 3.36. The highest BCUT2D eigenvalue weighted by molar-refractivity contribution is 7.99. The average Bonchev–Trinajstić information content (AvgIpc) is 2.37. The second kappa shape index (κ2) is 6.25. The van der Waals surface area contributed by atoms with Crippen LogP contribution in [0.2, 0.25) is 0 Å². The molecule has 1 aliphatic rings. The van der Waals surface area contributed by atoms with Gasteiger partial charge in [-0.15, -0.1) is 11.8 Å². The number of rotatable bonds is 5. The zero-order valence-corrected chi connectivity index (χ0v) is 11.4. The summed E-state index contributed by atoms with van der Waals surface area (Å²) < 4.78 is 0. The van der Waals surface area contributed by atoms with E-state index in [1.54, 1.807) is 0 Å². The van der Waals surface area contributed by atoms with Gasteiger partial charge in [0.15, 0.2) is 0 Å². The fourth-order valence-electron chi connectivity index (χ4n) is 2.42. The number of thioether (sulfide) groups is 1. The molecular weight excluding hydrogens is 246 g/mol. The van der Waals surface area contributed by atoms with E-state index in [1.165, 1.54) is 10.5 Å². The van der Waals surface area contributed by atoms with Crippen LogP contribution in [0, 0.1) is 0 Å². The van der Waals surface area contributed by atoms with Crippen molar-refractivity contribution in [1.82, 2.24) is 4.90 Å². The van der Waals surface area contributed by atoms with Crippen LogP contribution in [0.3, 0.4) is 0 Å². The van der Waals surface area contributed by atoms with Gasteiger partial charge in [0.1, 0.15) is 0 Å². The molecule has 0 spiro atoms. The van der Waals surface area contributed by atoms with E-state index in [0.717, 1.165) is 25.1 Å². The van der Waals surface area contributed by atoms with Gasteiger partial charge in [-0.05, 0) is 43.8 Å². The van der Waals surface area contributed by atoms with Crippen molar-refractivity contribution in [3.8, 4) is 0 Å². The predicted octanol–water partition coefficient (Wildman–Crippen LogP) is 3.02. The third kappa shape index (κ3) is 3.27. The van der Waals surface area contributed by atoms with E-state index in [4.69, 9.17) is 5.11 Å². The molecule has 0 aromatic heterocycles. The number of fused-ring (bicyclic) bond motifs is 1. The van der Waals surface area contributed by atoms with Crippen molar-refractivity contribution in [2.24, 2.45) is 0 Å². The van der Waals surface area contributed by atoms with Crippen LogP contribution in [-0.2, 0) is 4.79 Å². The highest BCUT2D eigenvalue weighted by Gasteiger charge is 2.23. The molecular formula is C14H19NO2S. The quantitative estimate of drug-likeness (QED) is 0.888. The van der Waals surface area contributed by atoms with E-state index in [1.807, 2.05) is 11.8 Å². The fourth-order valence-corrected chi connectivity index (χ4v) is 3.52. The van der Waals surface area contributed by atoms with Gasteiger partial charge in [0.2, 0.25) is 0 Å². The number of benzene rings is 1. The first kappa shape index (κ1) is 13.4. The molecule has 1 heterocycles. The third-order valence-corrected chi connectivity index (χ3v) is 4.48. The maximum absolute atomic E-state index is 10.5. The van der Waals surface area contributed by atoms with Crippen LogP contribution in [0.5, 0.6) is 0 Å². The molecule has 1 aromatic carbocycles. The lowest BCUT2D eigenvalue weighted by Gasteiger charge is -2.32. The van der Waals surface area contributed by atoms with Crippen molar-refractivity contribution in [2.45, 2.75) is 30.2 Å². The molecule has 0 aliphatic carbocycles. The molecule has 2 rings (SSSR count). The summed E-state index contributed by atoms with van der Waals surface area (Å²) in [6.45, 7) is 0.843. The largest absolute Gasteiger partial charge is 0.481 e. The van der Waals surface area contributed by atoms with Gasteiger partial charge in [-0.2, -0.15) is 0 Å². The van der Waals surface area contributed by atoms with E-state index in [-0.39, 0.29) is 6.42 Å². The van der Waals surface area contributed by atoms with Crippen LogP contribution in [0.4, 0.5) is 0 Å². The first-order chi connectivity index (χ1) is 8.68. The Hall–Kier alpha value is -1.00. The van der Waals surface area contributed by atoms with E-state index in [0.29, 0.717) is 6.04 Å². The van der Waals surface area contributed by atoms with Crippen LogP contribution in [-0.4, -0.2) is 35.3 Å². The van der Waals surface area contributed by atoms with Gasteiger partial charge in [-0.3, -0.25) is 9.69 Å². The van der Waals surface area contributed by atoms with Crippen molar-refractivity contribution in [2.75, 3.05) is 19.3 Å². The van der Waals surface area contributed by atoms with Crippen molar-refractivity contribution >= 4 is 17.7 Å². The Morgan fingerprint density at radius 2 is 2.28 bits per heavy atom. The first-order valence-corrected chi connectivity index (χ1v) is 7.31. The highest BCUT2D eigenvalue weighted by atomic mass is 32.2. The minimum atomic E-state index is -0.706. The minimum Gasteiger partial charge on any atom is -0.481 e. The number of hydrogen-bond donors (Lipinski definition) is 1. The average molecular weight is 265 g/mol. The standard InChI is InChI=1S/C14H19NO2S/c1-15(9-4-7-14(16)17)12-8-10-18-13-6-3-2-5-11(12)13/h2-3,5-6,12H,4,7-10H2,1H3,(H,16,17). The number of carboxylic acids is 1. The summed E-state index contributed by atoms with van der Waals surface area (Å²) in [6, 6.07) is 8.98. The number of carboxylic acid groups (broad SMARTS) is 1. The highest BCUT2D eigenvalue weighted by Crippen LogP contribution is 2.38. The Labute approximate surface area is 112 Å². The zero-order valence-electron chi connectivity index (χ0n) is 10.6. The van der Waals surface area contributed by atoms with E-state index in [9.17, 15) is 4.79 Å². The molecule has 0 radical (unpaired) electrons. The zero-order chi connectivity index (χ0) is 13.0. The molecule has 1 aromatic rings. The summed E-state index contributed by atoms with van der Waals surface area (Å²) in [6.07, 6.45) is 2.12. The molecule has 1 aliphatic heterocycles. The molecule has 0 bridgehead atoms. The van der Waals surface area contributed by atoms with Gasteiger partial charge in [0.05, 0.1) is 0 Å². The maximum atomic E-state index is 10.5. The van der Waals surface area contributed by atoms with Crippen LogP contribution in [0.25, 0.3) is 0 Å². The molecule has 0 fully saturated rings. The lowest BCUT2D eigenvalue weighted by molar-refractivity contribution is -0.137. The van der Waals surface area contributed by atoms with Crippen molar-refractivity contribution < 1.29 is 9.90 Å². The predicted molar refractivity (Wildman–Crippen MR) is 74.0 cm³/mol. The second-order valence-corrected chi connectivity index (χ2v) is 5.81. The Morgan fingerprint density at radius 3 is 3.06 bits per heavy atom. The van der Waals surface area contributed by atoms with Crippen LogP contribution >= 0.6 is 11.8 Å². The van der Waals surface area contributed by atoms with Crippen molar-refractivity contribution in [3.05, 3.63) is 29.8 Å². The Balaban J connectivity index is 1.99. The number of hydrogen-bond acceptors (Lipinski definition) is 3. The number of aliphatic carboxylic acids is 1. The number of nitrogens with zero attached hydrogens (tertiary/aromatic N) is 1.